The molecular weight excluding hydrogens is 356 g/mol. The normalized spacial score (nSPS) is 31.9. The minimum absolute atomic E-state index is 0.00265. The molecule has 0 amide bonds. The number of aliphatic hydroxyl groups excluding tert-OH is 2. The number of fused-ring (bicyclic) bond motifs is 2. The zero-order chi connectivity index (χ0) is 19.7. The van der Waals surface area contributed by atoms with Crippen LogP contribution in [0.3, 0.4) is 0 Å². The van der Waals surface area contributed by atoms with E-state index in [0.29, 0.717) is 19.3 Å². The summed E-state index contributed by atoms with van der Waals surface area (Å²) >= 11 is 0. The Morgan fingerprint density at radius 3 is 2.67 bits per heavy atom. The highest BCUT2D eigenvalue weighted by Crippen LogP contribution is 2.37. The summed E-state index contributed by atoms with van der Waals surface area (Å²) in [6, 6.07) is 2.61. The number of phenols is 1. The molecule has 5 atom stereocenters. The number of carbonyl (C=O) groups is 2. The minimum Gasteiger partial charge on any atom is -0.507 e. The number of epoxide rings is 1. The van der Waals surface area contributed by atoms with Crippen LogP contribution in [-0.2, 0) is 14.3 Å². The van der Waals surface area contributed by atoms with Gasteiger partial charge in [0.15, 0.2) is 5.78 Å². The zero-order valence-electron chi connectivity index (χ0n) is 15.3. The molecule has 2 aliphatic heterocycles. The highest BCUT2D eigenvalue weighted by atomic mass is 16.6. The van der Waals surface area contributed by atoms with E-state index < -0.39 is 42.2 Å². The lowest BCUT2D eigenvalue weighted by Gasteiger charge is -2.22. The van der Waals surface area contributed by atoms with Crippen molar-refractivity contribution in [2.24, 2.45) is 0 Å². The quantitative estimate of drug-likeness (QED) is 0.491. The number of carbonyl (C=O) groups excluding carboxylic acids is 2. The summed E-state index contributed by atoms with van der Waals surface area (Å²) in [4.78, 5) is 24.7. The number of methoxy groups -OCH3 is 1. The second kappa shape index (κ2) is 7.84. The van der Waals surface area contributed by atoms with E-state index in [9.17, 15) is 24.9 Å². The van der Waals surface area contributed by atoms with Crippen LogP contribution in [0.1, 0.15) is 54.6 Å². The van der Waals surface area contributed by atoms with E-state index in [1.54, 1.807) is 6.92 Å². The Hall–Kier alpha value is -2.16. The first-order valence-corrected chi connectivity index (χ1v) is 8.98. The molecule has 148 valence electrons. The summed E-state index contributed by atoms with van der Waals surface area (Å²) in [6.07, 6.45) is -2.97. The molecule has 1 aromatic rings. The Bertz CT molecular complexity index is 731. The minimum atomic E-state index is -1.49. The van der Waals surface area contributed by atoms with Crippen molar-refractivity contribution in [2.45, 2.75) is 63.1 Å². The Morgan fingerprint density at radius 1 is 1.22 bits per heavy atom. The van der Waals surface area contributed by atoms with Gasteiger partial charge >= 0.3 is 5.97 Å². The van der Waals surface area contributed by atoms with Gasteiger partial charge in [0.2, 0.25) is 0 Å². The fraction of sp³-hybridized carbons (Fsp3) is 0.579. The number of Topliss-reactive ketones (excluding diaryl/α,β-unsaturated/α-hetero) is 1. The maximum absolute atomic E-state index is 12.6. The molecule has 0 aromatic heterocycles. The highest BCUT2D eigenvalue weighted by molar-refractivity contribution is 5.94. The lowest BCUT2D eigenvalue weighted by atomic mass is 9.94. The number of rotatable bonds is 1. The van der Waals surface area contributed by atoms with E-state index in [0.717, 1.165) is 0 Å². The molecule has 1 aromatic carbocycles. The van der Waals surface area contributed by atoms with E-state index >= 15 is 0 Å². The van der Waals surface area contributed by atoms with Crippen molar-refractivity contribution in [3.8, 4) is 11.5 Å². The van der Waals surface area contributed by atoms with E-state index in [2.05, 4.69) is 0 Å². The van der Waals surface area contributed by atoms with Crippen LogP contribution >= 0.6 is 0 Å². The largest absolute Gasteiger partial charge is 0.507 e. The molecule has 0 spiro atoms. The first-order valence-electron chi connectivity index (χ1n) is 8.98. The fourth-order valence-corrected chi connectivity index (χ4v) is 3.38. The van der Waals surface area contributed by atoms with Gasteiger partial charge in [-0.15, -0.1) is 0 Å². The number of hydrogen-bond acceptors (Lipinski definition) is 8. The van der Waals surface area contributed by atoms with Crippen LogP contribution in [0.4, 0.5) is 0 Å². The third-order valence-corrected chi connectivity index (χ3v) is 4.96. The Morgan fingerprint density at radius 2 is 1.96 bits per heavy atom. The number of phenolic OH excluding ortho intramolecular Hbond substituents is 1. The third-order valence-electron chi connectivity index (χ3n) is 4.96. The molecule has 3 N–H and O–H groups in total. The molecule has 0 aliphatic carbocycles. The van der Waals surface area contributed by atoms with Crippen LogP contribution in [0.5, 0.6) is 11.5 Å². The predicted molar refractivity (Wildman–Crippen MR) is 92.6 cm³/mol. The Balaban J connectivity index is 1.97. The van der Waals surface area contributed by atoms with Gasteiger partial charge in [-0.1, -0.05) is 0 Å². The summed E-state index contributed by atoms with van der Waals surface area (Å²) < 4.78 is 15.8. The molecule has 1 saturated heterocycles. The van der Waals surface area contributed by atoms with Crippen molar-refractivity contribution < 1.29 is 39.1 Å². The van der Waals surface area contributed by atoms with E-state index in [1.165, 1.54) is 19.2 Å². The fourth-order valence-electron chi connectivity index (χ4n) is 3.38. The third kappa shape index (κ3) is 4.23. The van der Waals surface area contributed by atoms with E-state index in [-0.39, 0.29) is 29.1 Å². The van der Waals surface area contributed by atoms with Gasteiger partial charge in [-0.05, 0) is 25.8 Å². The second-order valence-electron chi connectivity index (χ2n) is 7.03. The number of aromatic hydroxyl groups is 1. The van der Waals surface area contributed by atoms with Crippen molar-refractivity contribution in [1.82, 2.24) is 0 Å². The maximum atomic E-state index is 12.6. The molecule has 0 bridgehead atoms. The lowest BCUT2D eigenvalue weighted by Crippen LogP contribution is -2.25. The first kappa shape index (κ1) is 19.6. The average molecular weight is 380 g/mol. The van der Waals surface area contributed by atoms with Crippen molar-refractivity contribution in [3.05, 3.63) is 23.3 Å². The van der Waals surface area contributed by atoms with Gasteiger partial charge in [-0.25, -0.2) is 4.79 Å². The highest BCUT2D eigenvalue weighted by Gasteiger charge is 2.46. The molecule has 8 nitrogen and oxygen atoms in total. The number of ketones is 1. The number of aliphatic hydroxyl groups is 2. The standard InChI is InChI=1S/C19H24O8/c1-9-4-3-5-12(20)18-15(27-18)8-14(22)17(23)11-6-10(25-2)7-13(21)16(11)19(24)26-9/h6-7,9,14-15,17-18,21-23H,3-5,8H2,1-2H3. The number of cyclic esters (lactones) is 1. The first-order chi connectivity index (χ1) is 12.8. The van der Waals surface area contributed by atoms with E-state index in [4.69, 9.17) is 14.2 Å². The average Bonchev–Trinajstić information content (AvgIpc) is 3.38. The van der Waals surface area contributed by atoms with Crippen LogP contribution in [-0.4, -0.2) is 58.6 Å². The van der Waals surface area contributed by atoms with Crippen LogP contribution in [0.15, 0.2) is 12.1 Å². The van der Waals surface area contributed by atoms with Crippen LogP contribution < -0.4 is 4.74 Å². The number of ether oxygens (including phenoxy) is 3. The van der Waals surface area contributed by atoms with Gasteiger partial charge in [-0.3, -0.25) is 4.79 Å². The van der Waals surface area contributed by atoms with Crippen molar-refractivity contribution in [2.75, 3.05) is 7.11 Å². The van der Waals surface area contributed by atoms with Gasteiger partial charge < -0.3 is 29.5 Å². The van der Waals surface area contributed by atoms with Crippen LogP contribution in [0, 0.1) is 0 Å². The molecule has 2 heterocycles. The van der Waals surface area contributed by atoms with Gasteiger partial charge in [0.25, 0.3) is 0 Å². The second-order valence-corrected chi connectivity index (χ2v) is 7.03. The molecular formula is C19H24O8. The summed E-state index contributed by atoms with van der Waals surface area (Å²) in [5.41, 5.74) is -0.215. The van der Waals surface area contributed by atoms with Crippen molar-refractivity contribution >= 4 is 11.8 Å². The molecule has 0 radical (unpaired) electrons. The molecule has 3 rings (SSSR count). The number of esters is 1. The zero-order valence-corrected chi connectivity index (χ0v) is 15.3. The molecule has 5 unspecified atom stereocenters. The SMILES string of the molecule is COc1cc(O)c2c(c1)C(O)C(O)CC1OC1C(=O)CCCC(C)OC2=O. The monoisotopic (exact) mass is 380 g/mol. The predicted octanol–water partition coefficient (Wildman–Crippen LogP) is 1.25. The van der Waals surface area contributed by atoms with Crippen LogP contribution in [0.25, 0.3) is 0 Å². The van der Waals surface area contributed by atoms with Gasteiger partial charge in [0.1, 0.15) is 29.3 Å². The molecule has 0 saturated carbocycles. The van der Waals surface area contributed by atoms with Crippen LogP contribution in [0.2, 0.25) is 0 Å². The smallest absolute Gasteiger partial charge is 0.342 e. The van der Waals surface area contributed by atoms with Gasteiger partial charge in [0, 0.05) is 24.5 Å². The molecule has 8 heteroatoms. The lowest BCUT2D eigenvalue weighted by molar-refractivity contribution is -0.120. The van der Waals surface area contributed by atoms with Gasteiger partial charge in [0.05, 0.1) is 25.4 Å². The summed E-state index contributed by atoms with van der Waals surface area (Å²) in [5, 5.41) is 31.3. The van der Waals surface area contributed by atoms with Crippen molar-refractivity contribution in [1.29, 1.82) is 0 Å². The van der Waals surface area contributed by atoms with Crippen molar-refractivity contribution in [3.63, 3.8) is 0 Å². The maximum Gasteiger partial charge on any atom is 0.342 e. The Kier molecular flexibility index (Phi) is 5.69. The number of hydrogen-bond donors (Lipinski definition) is 3. The number of benzene rings is 1. The molecule has 2 aliphatic rings. The summed E-state index contributed by atoms with van der Waals surface area (Å²) in [6.45, 7) is 1.69. The Labute approximate surface area is 156 Å². The molecule has 27 heavy (non-hydrogen) atoms. The molecule has 1 fully saturated rings. The van der Waals surface area contributed by atoms with Gasteiger partial charge in [-0.2, -0.15) is 0 Å². The summed E-state index contributed by atoms with van der Waals surface area (Å²) in [5.74, 6) is -1.06. The topological polar surface area (TPSA) is 126 Å². The van der Waals surface area contributed by atoms with E-state index in [1.807, 2.05) is 0 Å². The summed E-state index contributed by atoms with van der Waals surface area (Å²) in [7, 11) is 1.38.